The second kappa shape index (κ2) is 7.51. The highest BCUT2D eigenvalue weighted by Crippen LogP contribution is 2.47. The number of carbonyl (C=O) groups is 2. The summed E-state index contributed by atoms with van der Waals surface area (Å²) in [5.74, 6) is -0.472. The Morgan fingerprint density at radius 1 is 1.17 bits per heavy atom. The van der Waals surface area contributed by atoms with Crippen molar-refractivity contribution in [2.24, 2.45) is 5.41 Å². The maximum Gasteiger partial charge on any atom is 0.240 e. The zero-order chi connectivity index (χ0) is 17.0. The molecule has 1 aliphatic heterocycles. The Balaban J connectivity index is 1.50. The molecule has 0 atom stereocenters. The molecule has 0 bridgehead atoms. The lowest BCUT2D eigenvalue weighted by Gasteiger charge is -2.26. The fraction of sp³-hybridized carbons (Fsp3) is 0.529. The Morgan fingerprint density at radius 2 is 1.88 bits per heavy atom. The highest BCUT2D eigenvalue weighted by atomic mass is 35.5. The minimum Gasteiger partial charge on any atom is -0.379 e. The summed E-state index contributed by atoms with van der Waals surface area (Å²) in [6.07, 6.45) is 1.15. The van der Waals surface area contributed by atoms with Crippen LogP contribution in [0, 0.1) is 5.41 Å². The van der Waals surface area contributed by atoms with Crippen LogP contribution in [0.15, 0.2) is 24.3 Å². The summed E-state index contributed by atoms with van der Waals surface area (Å²) in [7, 11) is 0. The molecule has 1 saturated heterocycles. The number of hydrogen-bond acceptors (Lipinski definition) is 4. The van der Waals surface area contributed by atoms with Gasteiger partial charge in [-0.05, 0) is 25.0 Å². The summed E-state index contributed by atoms with van der Waals surface area (Å²) in [4.78, 5) is 27.2. The van der Waals surface area contributed by atoms with Crippen molar-refractivity contribution in [3.63, 3.8) is 0 Å². The van der Waals surface area contributed by atoms with Crippen molar-refractivity contribution in [2.45, 2.75) is 12.8 Å². The molecule has 1 saturated carbocycles. The molecule has 3 rings (SSSR count). The number of nitrogens with one attached hydrogen (secondary N) is 2. The Hall–Kier alpha value is -1.63. The lowest BCUT2D eigenvalue weighted by Crippen LogP contribution is -2.45. The molecule has 2 fully saturated rings. The van der Waals surface area contributed by atoms with Crippen LogP contribution in [0.5, 0.6) is 0 Å². The normalized spacial score (nSPS) is 19.5. The van der Waals surface area contributed by atoms with Crippen LogP contribution in [0.1, 0.15) is 12.8 Å². The molecule has 24 heavy (non-hydrogen) atoms. The van der Waals surface area contributed by atoms with Gasteiger partial charge in [-0.25, -0.2) is 0 Å². The summed E-state index contributed by atoms with van der Waals surface area (Å²) in [6, 6.07) is 7.03. The number of para-hydroxylation sites is 1. The number of morpholine rings is 1. The minimum atomic E-state index is -0.940. The van der Waals surface area contributed by atoms with E-state index in [2.05, 4.69) is 15.5 Å². The van der Waals surface area contributed by atoms with E-state index in [9.17, 15) is 9.59 Å². The van der Waals surface area contributed by atoms with Crippen molar-refractivity contribution in [3.8, 4) is 0 Å². The SMILES string of the molecule is O=C(NCCN1CCOCC1)C1(C(=O)Nc2ccccc2Cl)CC1. The van der Waals surface area contributed by atoms with Crippen LogP contribution in [0.2, 0.25) is 5.02 Å². The van der Waals surface area contributed by atoms with E-state index < -0.39 is 5.41 Å². The molecule has 130 valence electrons. The summed E-state index contributed by atoms with van der Waals surface area (Å²) in [6.45, 7) is 4.55. The first-order valence-electron chi connectivity index (χ1n) is 8.26. The molecule has 2 aliphatic rings. The zero-order valence-electron chi connectivity index (χ0n) is 13.5. The molecule has 2 amide bonds. The predicted octanol–water partition coefficient (Wildman–Crippen LogP) is 1.51. The molecule has 0 spiro atoms. The Kier molecular flexibility index (Phi) is 5.38. The van der Waals surface area contributed by atoms with Crippen molar-refractivity contribution in [3.05, 3.63) is 29.3 Å². The molecule has 7 heteroatoms. The summed E-state index contributed by atoms with van der Waals surface area (Å²) >= 11 is 6.06. The minimum absolute atomic E-state index is 0.194. The van der Waals surface area contributed by atoms with Gasteiger partial charge in [0.15, 0.2) is 0 Å². The van der Waals surface area contributed by atoms with E-state index >= 15 is 0 Å². The molecule has 2 N–H and O–H groups in total. The number of carbonyl (C=O) groups excluding carboxylic acids is 2. The van der Waals surface area contributed by atoms with Gasteiger partial charge in [0.1, 0.15) is 5.41 Å². The average Bonchev–Trinajstić information content (AvgIpc) is 3.40. The van der Waals surface area contributed by atoms with Gasteiger partial charge in [-0.1, -0.05) is 23.7 Å². The van der Waals surface area contributed by atoms with Gasteiger partial charge in [0.05, 0.1) is 23.9 Å². The highest BCUT2D eigenvalue weighted by Gasteiger charge is 2.56. The lowest BCUT2D eigenvalue weighted by molar-refractivity contribution is -0.134. The number of nitrogens with zero attached hydrogens (tertiary/aromatic N) is 1. The van der Waals surface area contributed by atoms with Gasteiger partial charge in [-0.2, -0.15) is 0 Å². The second-order valence-corrected chi connectivity index (χ2v) is 6.63. The Morgan fingerprint density at radius 3 is 2.54 bits per heavy atom. The van der Waals surface area contributed by atoms with Crippen LogP contribution in [0.25, 0.3) is 0 Å². The van der Waals surface area contributed by atoms with Gasteiger partial charge in [-0.15, -0.1) is 0 Å². The molecule has 0 unspecified atom stereocenters. The quantitative estimate of drug-likeness (QED) is 0.762. The van der Waals surface area contributed by atoms with Gasteiger partial charge in [0, 0.05) is 26.2 Å². The van der Waals surface area contributed by atoms with Crippen molar-refractivity contribution >= 4 is 29.1 Å². The second-order valence-electron chi connectivity index (χ2n) is 6.23. The first kappa shape index (κ1) is 17.2. The van der Waals surface area contributed by atoms with Crippen LogP contribution in [0.4, 0.5) is 5.69 Å². The number of halogens is 1. The molecule has 1 aromatic rings. The smallest absolute Gasteiger partial charge is 0.240 e. The van der Waals surface area contributed by atoms with Crippen LogP contribution < -0.4 is 10.6 Å². The van der Waals surface area contributed by atoms with E-state index in [4.69, 9.17) is 16.3 Å². The number of anilines is 1. The van der Waals surface area contributed by atoms with Gasteiger partial charge in [0.2, 0.25) is 11.8 Å². The molecule has 1 aromatic carbocycles. The van der Waals surface area contributed by atoms with Crippen molar-refractivity contribution in [1.29, 1.82) is 0 Å². The Bertz CT molecular complexity index is 613. The van der Waals surface area contributed by atoms with Gasteiger partial charge in [-0.3, -0.25) is 14.5 Å². The van der Waals surface area contributed by atoms with Crippen molar-refractivity contribution in [2.75, 3.05) is 44.7 Å². The van der Waals surface area contributed by atoms with Crippen molar-refractivity contribution < 1.29 is 14.3 Å². The van der Waals surface area contributed by atoms with E-state index in [-0.39, 0.29) is 11.8 Å². The number of amides is 2. The van der Waals surface area contributed by atoms with E-state index in [0.717, 1.165) is 32.8 Å². The van der Waals surface area contributed by atoms with Crippen molar-refractivity contribution in [1.82, 2.24) is 10.2 Å². The highest BCUT2D eigenvalue weighted by molar-refractivity contribution is 6.34. The van der Waals surface area contributed by atoms with Crippen LogP contribution in [-0.4, -0.2) is 56.1 Å². The number of rotatable bonds is 6. The molecular weight excluding hydrogens is 330 g/mol. The van der Waals surface area contributed by atoms with E-state index in [1.165, 1.54) is 0 Å². The third-order valence-corrected chi connectivity index (χ3v) is 4.89. The van der Waals surface area contributed by atoms with Gasteiger partial charge in [0.25, 0.3) is 0 Å². The van der Waals surface area contributed by atoms with Gasteiger partial charge < -0.3 is 15.4 Å². The first-order valence-corrected chi connectivity index (χ1v) is 8.64. The summed E-state index contributed by atoms with van der Waals surface area (Å²) in [5.41, 5.74) is -0.402. The molecule has 6 nitrogen and oxygen atoms in total. The third-order valence-electron chi connectivity index (χ3n) is 4.56. The first-order chi connectivity index (χ1) is 11.6. The third kappa shape index (κ3) is 3.88. The molecule has 0 radical (unpaired) electrons. The predicted molar refractivity (Wildman–Crippen MR) is 92.0 cm³/mol. The maximum absolute atomic E-state index is 12.5. The van der Waals surface area contributed by atoms with Gasteiger partial charge >= 0.3 is 0 Å². The molecule has 1 heterocycles. The maximum atomic E-state index is 12.5. The van der Waals surface area contributed by atoms with E-state index in [1.54, 1.807) is 24.3 Å². The number of benzene rings is 1. The molecular formula is C17H22ClN3O3. The fourth-order valence-corrected chi connectivity index (χ4v) is 2.99. The lowest BCUT2D eigenvalue weighted by atomic mass is 10.1. The fourth-order valence-electron chi connectivity index (χ4n) is 2.81. The number of hydrogen-bond donors (Lipinski definition) is 2. The average molecular weight is 352 g/mol. The van der Waals surface area contributed by atoms with Crippen LogP contribution in [0.3, 0.4) is 0 Å². The van der Waals surface area contributed by atoms with E-state index in [1.807, 2.05) is 0 Å². The largest absolute Gasteiger partial charge is 0.379 e. The van der Waals surface area contributed by atoms with Crippen LogP contribution >= 0.6 is 11.6 Å². The zero-order valence-corrected chi connectivity index (χ0v) is 14.3. The molecule has 0 aromatic heterocycles. The number of ether oxygens (including phenoxy) is 1. The Labute approximate surface area is 146 Å². The standard InChI is InChI=1S/C17H22ClN3O3/c18-13-3-1-2-4-14(13)20-16(23)17(5-6-17)15(22)19-7-8-21-9-11-24-12-10-21/h1-4H,5-12H2,(H,19,22)(H,20,23). The summed E-state index contributed by atoms with van der Waals surface area (Å²) < 4.78 is 5.30. The van der Waals surface area contributed by atoms with Crippen LogP contribution in [-0.2, 0) is 14.3 Å². The molecule has 1 aliphatic carbocycles. The van der Waals surface area contributed by atoms with E-state index in [0.29, 0.717) is 30.1 Å². The summed E-state index contributed by atoms with van der Waals surface area (Å²) in [5, 5.41) is 6.14. The monoisotopic (exact) mass is 351 g/mol. The topological polar surface area (TPSA) is 70.7 Å².